The molecule has 0 aliphatic carbocycles. The molecule has 2 N–H and O–H groups in total. The third kappa shape index (κ3) is 60.2. The molecule has 2 atom stereocenters. The number of rotatable bonds is 77. The highest BCUT2D eigenvalue weighted by Gasteiger charge is 2.58. The fraction of sp³-hybridized carbons (Fsp3) is 1.00. The molecule has 94 heavy (non-hydrogen) atoms. The van der Waals surface area contributed by atoms with Gasteiger partial charge in [-0.05, 0) is 0 Å². The molecule has 0 aliphatic rings. The molecule has 0 bridgehead atoms. The first-order valence-electron chi connectivity index (χ1n) is 31.2. The van der Waals surface area contributed by atoms with Gasteiger partial charge in [-0.15, -0.1) is 0 Å². The summed E-state index contributed by atoms with van der Waals surface area (Å²) in [5.74, 6) is -9.97. The zero-order chi connectivity index (χ0) is 69.3. The van der Waals surface area contributed by atoms with E-state index in [0.29, 0.717) is 238 Å². The normalized spacial score (nSPS) is 14.0. The number of aliphatic hydroxyl groups excluding tert-OH is 2. The highest BCUT2D eigenvalue weighted by Crippen LogP contribution is 2.37. The maximum absolute atomic E-state index is 13.0. The molecule has 36 heteroatoms. The zero-order valence-corrected chi connectivity index (χ0v) is 54.8. The van der Waals surface area contributed by atoms with Crippen molar-refractivity contribution in [2.24, 2.45) is 10.8 Å². The number of halogens is 10. The van der Waals surface area contributed by atoms with Crippen LogP contribution in [0.1, 0.15) is 13.8 Å². The second-order valence-electron chi connectivity index (χ2n) is 20.7. The lowest BCUT2D eigenvalue weighted by molar-refractivity contribution is -0.298. The van der Waals surface area contributed by atoms with Crippen LogP contribution >= 0.6 is 0 Å². The van der Waals surface area contributed by atoms with Gasteiger partial charge < -0.3 is 124 Å². The van der Waals surface area contributed by atoms with Crippen molar-refractivity contribution >= 4 is 0 Å². The van der Waals surface area contributed by atoms with Crippen LogP contribution in [0.2, 0.25) is 0 Å². The SMILES string of the molecule is CC(CO)(COCCOCCOCCOCCOCCOCCOCCOCCOCCOCCOCCOCCOCCOCCOCCOCCOCCOCCOCCOCCOCCOCC(C)(CO)COCC(F)(F)C(F)(F)F)COCC(F)(F)C(F)(F)F. The maximum Gasteiger partial charge on any atom is 0.455 e. The Labute approximate surface area is 546 Å². The van der Waals surface area contributed by atoms with Crippen LogP contribution in [0.5, 0.6) is 0 Å². The van der Waals surface area contributed by atoms with Crippen molar-refractivity contribution in [2.75, 3.05) is 330 Å². The highest BCUT2D eigenvalue weighted by atomic mass is 19.4. The molecular formula is C58H108F10O26. The lowest BCUT2D eigenvalue weighted by Gasteiger charge is -2.28. The van der Waals surface area contributed by atoms with Crippen molar-refractivity contribution in [1.29, 1.82) is 0 Å². The van der Waals surface area contributed by atoms with Crippen molar-refractivity contribution in [3.8, 4) is 0 Å². The van der Waals surface area contributed by atoms with E-state index in [0.717, 1.165) is 0 Å². The van der Waals surface area contributed by atoms with Gasteiger partial charge in [-0.1, -0.05) is 13.8 Å². The number of ether oxygens (including phenoxy) is 24. The van der Waals surface area contributed by atoms with Gasteiger partial charge >= 0.3 is 24.2 Å². The van der Waals surface area contributed by atoms with Crippen molar-refractivity contribution in [2.45, 2.75) is 38.0 Å². The van der Waals surface area contributed by atoms with E-state index in [1.54, 1.807) is 0 Å². The third-order valence-electron chi connectivity index (χ3n) is 11.8. The second kappa shape index (κ2) is 63.4. The Morgan fingerprint density at radius 1 is 0.170 bits per heavy atom. The minimum atomic E-state index is -5.72. The summed E-state index contributed by atoms with van der Waals surface area (Å²) in [6.07, 6.45) is -11.4. The predicted molar refractivity (Wildman–Crippen MR) is 312 cm³/mol. The molecule has 0 saturated carbocycles. The highest BCUT2D eigenvalue weighted by molar-refractivity contribution is 4.79. The van der Waals surface area contributed by atoms with Crippen molar-refractivity contribution in [3.63, 3.8) is 0 Å². The van der Waals surface area contributed by atoms with Crippen LogP contribution in [0.4, 0.5) is 43.9 Å². The molecular weight excluding hydrogens is 1300 g/mol. The van der Waals surface area contributed by atoms with Gasteiger partial charge in [-0.25, -0.2) is 0 Å². The minimum absolute atomic E-state index is 0.103. The van der Waals surface area contributed by atoms with E-state index >= 15 is 0 Å². The average molecular weight is 1410 g/mol. The van der Waals surface area contributed by atoms with Crippen molar-refractivity contribution in [3.05, 3.63) is 0 Å². The van der Waals surface area contributed by atoms with Gasteiger partial charge in [0.25, 0.3) is 0 Å². The van der Waals surface area contributed by atoms with Crippen LogP contribution < -0.4 is 0 Å². The largest absolute Gasteiger partial charge is 0.455 e. The molecule has 2 unspecified atom stereocenters. The lowest BCUT2D eigenvalue weighted by Crippen LogP contribution is -2.42. The van der Waals surface area contributed by atoms with Gasteiger partial charge in [-0.2, -0.15) is 43.9 Å². The Morgan fingerprint density at radius 3 is 0.383 bits per heavy atom. The summed E-state index contributed by atoms with van der Waals surface area (Å²) in [5, 5.41) is 19.0. The lowest BCUT2D eigenvalue weighted by atomic mass is 9.94. The average Bonchev–Trinajstić information content (AvgIpc) is 0.885. The maximum atomic E-state index is 13.0. The smallest absolute Gasteiger partial charge is 0.396 e. The molecule has 0 rings (SSSR count). The van der Waals surface area contributed by atoms with Crippen LogP contribution in [0.25, 0.3) is 0 Å². The van der Waals surface area contributed by atoms with E-state index in [2.05, 4.69) is 9.47 Å². The van der Waals surface area contributed by atoms with Crippen LogP contribution in [0.15, 0.2) is 0 Å². The van der Waals surface area contributed by atoms with E-state index < -0.39 is 74.7 Å². The quantitative estimate of drug-likeness (QED) is 0.0648. The molecule has 0 fully saturated rings. The third-order valence-corrected chi connectivity index (χ3v) is 11.8. The summed E-state index contributed by atoms with van der Waals surface area (Å²) < 4.78 is 255. The van der Waals surface area contributed by atoms with Gasteiger partial charge in [-0.3, -0.25) is 0 Å². The Morgan fingerprint density at radius 2 is 0.277 bits per heavy atom. The Balaban J connectivity index is 3.23. The molecule has 0 aromatic carbocycles. The van der Waals surface area contributed by atoms with E-state index in [1.165, 1.54) is 13.8 Å². The first kappa shape index (κ1) is 92.3. The molecule has 566 valence electrons. The summed E-state index contributed by atoms with van der Waals surface area (Å²) in [7, 11) is 0. The molecule has 0 aromatic rings. The first-order chi connectivity index (χ1) is 45.2. The molecule has 0 radical (unpaired) electrons. The molecule has 0 spiro atoms. The first-order valence-corrected chi connectivity index (χ1v) is 31.2. The standard InChI is InChI=1S/C58H108F10O26/c1-53(45-69,49-93-51-55(59,60)57(63,64)65)47-91-43-41-89-39-37-87-35-33-85-31-29-83-27-25-81-23-21-79-19-17-77-15-13-75-11-9-73-7-5-71-3-4-72-6-8-74-10-12-76-14-16-78-18-20-80-22-24-82-26-28-84-30-32-86-34-36-88-38-40-90-42-44-92-48-54(2,46-70)50-94-52-56(61,62)58(66,67)68/h69-70H,3-52H2,1-2H3. The van der Waals surface area contributed by atoms with Gasteiger partial charge in [0.05, 0.1) is 317 Å². The second-order valence-corrected chi connectivity index (χ2v) is 20.7. The fourth-order valence-corrected chi connectivity index (χ4v) is 6.43. The van der Waals surface area contributed by atoms with Crippen LogP contribution in [-0.4, -0.2) is 365 Å². The van der Waals surface area contributed by atoms with Crippen molar-refractivity contribution in [1.82, 2.24) is 0 Å². The van der Waals surface area contributed by atoms with Crippen LogP contribution in [-0.2, 0) is 114 Å². The Kier molecular flexibility index (Phi) is 62.3. The molecule has 26 nitrogen and oxygen atoms in total. The minimum Gasteiger partial charge on any atom is -0.396 e. The topological polar surface area (TPSA) is 262 Å². The van der Waals surface area contributed by atoms with Crippen LogP contribution in [0, 0.1) is 10.8 Å². The van der Waals surface area contributed by atoms with Gasteiger partial charge in [0.1, 0.15) is 13.2 Å². The van der Waals surface area contributed by atoms with Gasteiger partial charge in [0, 0.05) is 10.8 Å². The molecule has 0 saturated heterocycles. The summed E-state index contributed by atoms with van der Waals surface area (Å²) >= 11 is 0. The molecule has 0 aliphatic heterocycles. The Bertz CT molecular complexity index is 1480. The van der Waals surface area contributed by atoms with Gasteiger partial charge in [0.15, 0.2) is 0 Å². The number of hydrogen-bond donors (Lipinski definition) is 2. The van der Waals surface area contributed by atoms with E-state index in [1.807, 2.05) is 0 Å². The Hall–Kier alpha value is -1.74. The summed E-state index contributed by atoms with van der Waals surface area (Å²) in [4.78, 5) is 0. The predicted octanol–water partition coefficient (Wildman–Crippen LogP) is 3.78. The van der Waals surface area contributed by atoms with E-state index in [9.17, 15) is 54.1 Å². The summed E-state index contributed by atoms with van der Waals surface area (Å²) in [5.41, 5.74) is -2.33. The molecule has 0 heterocycles. The number of alkyl halides is 10. The fourth-order valence-electron chi connectivity index (χ4n) is 6.43. The monoisotopic (exact) mass is 1410 g/mol. The number of hydrogen-bond acceptors (Lipinski definition) is 26. The van der Waals surface area contributed by atoms with Crippen molar-refractivity contribution < 1.29 is 168 Å². The van der Waals surface area contributed by atoms with E-state index in [-0.39, 0.29) is 52.9 Å². The van der Waals surface area contributed by atoms with Gasteiger partial charge in [0.2, 0.25) is 0 Å². The molecule has 0 amide bonds. The summed E-state index contributed by atoms with van der Waals surface area (Å²) in [6, 6.07) is 0. The van der Waals surface area contributed by atoms with Crippen LogP contribution in [0.3, 0.4) is 0 Å². The molecule has 0 aromatic heterocycles. The zero-order valence-electron chi connectivity index (χ0n) is 54.8. The van der Waals surface area contributed by atoms with E-state index in [4.69, 9.17) is 104 Å². The number of aliphatic hydroxyl groups is 2. The summed E-state index contributed by atoms with van der Waals surface area (Å²) in [6.45, 7) is 12.6.